The second-order valence-electron chi connectivity index (χ2n) is 14.5. The summed E-state index contributed by atoms with van der Waals surface area (Å²) in [7, 11) is 0. The molecule has 0 fully saturated rings. The molecule has 2 heterocycles. The number of pyridine rings is 2. The van der Waals surface area contributed by atoms with Gasteiger partial charge >= 0.3 is 0 Å². The van der Waals surface area contributed by atoms with Gasteiger partial charge in [-0.2, -0.15) is 0 Å². The molecule has 0 aliphatic carbocycles. The second kappa shape index (κ2) is 13.2. The van der Waals surface area contributed by atoms with Gasteiger partial charge in [0.15, 0.2) is 0 Å². The average Bonchev–Trinajstić information content (AvgIpc) is 3.28. The lowest BCUT2D eigenvalue weighted by Gasteiger charge is -2.17. The molecule has 0 aliphatic rings. The highest BCUT2D eigenvalue weighted by atomic mass is 14.8. The fourth-order valence-electron chi connectivity index (χ4n) is 8.63. The monoisotopic (exact) mass is 710 g/mol. The molecule has 0 radical (unpaired) electrons. The fourth-order valence-corrected chi connectivity index (χ4v) is 8.63. The summed E-state index contributed by atoms with van der Waals surface area (Å²) >= 11 is 0. The van der Waals surface area contributed by atoms with Crippen molar-refractivity contribution in [3.05, 3.63) is 206 Å². The van der Waals surface area contributed by atoms with Crippen molar-refractivity contribution in [2.75, 3.05) is 0 Å². The highest BCUT2D eigenvalue weighted by Crippen LogP contribution is 2.43. The first-order valence-corrected chi connectivity index (χ1v) is 19.1. The lowest BCUT2D eigenvalue weighted by atomic mass is 9.88. The van der Waals surface area contributed by atoms with Crippen LogP contribution in [0.1, 0.15) is 0 Å². The molecule has 9 aromatic carbocycles. The Labute approximate surface area is 325 Å². The van der Waals surface area contributed by atoms with Crippen molar-refractivity contribution in [3.8, 4) is 56.0 Å². The molecule has 0 unspecified atom stereocenters. The molecular formula is C54H34N2. The Bertz CT molecular complexity index is 3290. The number of aromatic nitrogens is 2. The molecule has 0 aliphatic heterocycles. The molecule has 2 aromatic heterocycles. The molecule has 0 spiro atoms. The largest absolute Gasteiger partial charge is 0.254 e. The first-order chi connectivity index (χ1) is 27.8. The number of hydrogen-bond acceptors (Lipinski definition) is 2. The predicted octanol–water partition coefficient (Wildman–Crippen LogP) is 14.6. The van der Waals surface area contributed by atoms with Gasteiger partial charge in [0.05, 0.1) is 17.1 Å². The quantitative estimate of drug-likeness (QED) is 0.166. The van der Waals surface area contributed by atoms with E-state index in [1.54, 1.807) is 0 Å². The number of benzene rings is 9. The van der Waals surface area contributed by atoms with Gasteiger partial charge < -0.3 is 0 Å². The number of fused-ring (bicyclic) bond motifs is 7. The summed E-state index contributed by atoms with van der Waals surface area (Å²) in [6.45, 7) is 0. The van der Waals surface area contributed by atoms with E-state index in [0.29, 0.717) is 0 Å². The first-order valence-electron chi connectivity index (χ1n) is 19.1. The van der Waals surface area contributed by atoms with Crippen LogP contribution in [0.25, 0.3) is 110 Å². The topological polar surface area (TPSA) is 25.8 Å². The molecule has 11 rings (SSSR count). The number of hydrogen-bond donors (Lipinski definition) is 0. The van der Waals surface area contributed by atoms with Gasteiger partial charge in [-0.25, -0.2) is 4.98 Å². The van der Waals surface area contributed by atoms with Crippen molar-refractivity contribution in [2.45, 2.75) is 0 Å². The molecule has 0 N–H and O–H groups in total. The van der Waals surface area contributed by atoms with E-state index >= 15 is 0 Å². The second-order valence-corrected chi connectivity index (χ2v) is 14.5. The molecule has 0 atom stereocenters. The molecule has 0 amide bonds. The van der Waals surface area contributed by atoms with Gasteiger partial charge in [-0.3, -0.25) is 4.98 Å². The minimum Gasteiger partial charge on any atom is -0.254 e. The standard InChI is InChI=1S/C54H34N2/c1-2-14-35(15-3-1)38-26-29-52(55-34-38)54-33-39(50-30-36-16-4-6-18-40(36)42-20-8-12-24-46(42)50)32-53(56-54)49-28-27-48(44-22-10-11-23-45(44)49)51-31-37-17-5-7-19-41(37)43-21-9-13-25-47(43)51/h1-34H. The maximum absolute atomic E-state index is 5.43. The Morgan fingerprint density at radius 2 is 0.732 bits per heavy atom. The van der Waals surface area contributed by atoms with E-state index in [9.17, 15) is 0 Å². The van der Waals surface area contributed by atoms with Crippen molar-refractivity contribution in [1.82, 2.24) is 9.97 Å². The summed E-state index contributed by atoms with van der Waals surface area (Å²) in [5, 5.41) is 12.3. The van der Waals surface area contributed by atoms with E-state index in [2.05, 4.69) is 194 Å². The average molecular weight is 711 g/mol. The van der Waals surface area contributed by atoms with Gasteiger partial charge in [0.1, 0.15) is 0 Å². The highest BCUT2D eigenvalue weighted by molar-refractivity contribution is 6.18. The zero-order valence-electron chi connectivity index (χ0n) is 30.5. The minimum atomic E-state index is 0.835. The van der Waals surface area contributed by atoms with E-state index < -0.39 is 0 Å². The Hall–Kier alpha value is -7.42. The van der Waals surface area contributed by atoms with Crippen LogP contribution in [0.15, 0.2) is 206 Å². The van der Waals surface area contributed by atoms with Crippen LogP contribution in [0.2, 0.25) is 0 Å². The molecule has 11 aromatic rings. The van der Waals surface area contributed by atoms with Gasteiger partial charge in [-0.15, -0.1) is 0 Å². The maximum atomic E-state index is 5.43. The summed E-state index contributed by atoms with van der Waals surface area (Å²) in [6, 6.07) is 72.0. The number of rotatable bonds is 5. The van der Waals surface area contributed by atoms with E-state index in [1.165, 1.54) is 65.2 Å². The minimum absolute atomic E-state index is 0.835. The van der Waals surface area contributed by atoms with E-state index in [-0.39, 0.29) is 0 Å². The van der Waals surface area contributed by atoms with Gasteiger partial charge in [0.25, 0.3) is 0 Å². The Morgan fingerprint density at radius 3 is 1.36 bits per heavy atom. The fraction of sp³-hybridized carbons (Fsp3) is 0. The summed E-state index contributed by atoms with van der Waals surface area (Å²) in [6.07, 6.45) is 1.96. The maximum Gasteiger partial charge on any atom is 0.0899 e. The lowest BCUT2D eigenvalue weighted by Crippen LogP contribution is -1.95. The van der Waals surface area contributed by atoms with Crippen molar-refractivity contribution in [1.29, 1.82) is 0 Å². The Balaban J connectivity index is 1.15. The van der Waals surface area contributed by atoms with Crippen LogP contribution in [-0.2, 0) is 0 Å². The summed E-state index contributed by atoms with van der Waals surface area (Å²) < 4.78 is 0. The first kappa shape index (κ1) is 32.0. The van der Waals surface area contributed by atoms with Crippen LogP contribution in [0, 0.1) is 0 Å². The Morgan fingerprint density at radius 1 is 0.250 bits per heavy atom. The zero-order chi connectivity index (χ0) is 37.0. The summed E-state index contributed by atoms with van der Waals surface area (Å²) in [5.41, 5.74) is 10.6. The van der Waals surface area contributed by atoms with Gasteiger partial charge in [-0.1, -0.05) is 170 Å². The van der Waals surface area contributed by atoms with Gasteiger partial charge in [-0.05, 0) is 112 Å². The molecule has 2 heteroatoms. The van der Waals surface area contributed by atoms with Crippen molar-refractivity contribution in [3.63, 3.8) is 0 Å². The van der Waals surface area contributed by atoms with Crippen LogP contribution < -0.4 is 0 Å². The molecule has 0 saturated heterocycles. The van der Waals surface area contributed by atoms with Crippen LogP contribution in [0.5, 0.6) is 0 Å². The molecule has 56 heavy (non-hydrogen) atoms. The van der Waals surface area contributed by atoms with Gasteiger partial charge in [0, 0.05) is 17.3 Å². The molecule has 2 nitrogen and oxygen atoms in total. The summed E-state index contributed by atoms with van der Waals surface area (Å²) in [5.74, 6) is 0. The smallest absolute Gasteiger partial charge is 0.0899 e. The third-order valence-electron chi connectivity index (χ3n) is 11.3. The third-order valence-corrected chi connectivity index (χ3v) is 11.3. The van der Waals surface area contributed by atoms with Crippen molar-refractivity contribution in [2.24, 2.45) is 0 Å². The lowest BCUT2D eigenvalue weighted by molar-refractivity contribution is 1.25. The van der Waals surface area contributed by atoms with Crippen molar-refractivity contribution < 1.29 is 0 Å². The summed E-state index contributed by atoms with van der Waals surface area (Å²) in [4.78, 5) is 10.4. The SMILES string of the molecule is c1ccc(-c2ccc(-c3cc(-c4cc5ccccc5c5ccccc45)cc(-c4ccc(-c5cc6ccccc6c6ccccc56)c5ccccc45)n3)nc2)cc1. The third kappa shape index (κ3) is 5.34. The number of nitrogens with zero attached hydrogens (tertiary/aromatic N) is 2. The molecular weight excluding hydrogens is 677 g/mol. The van der Waals surface area contributed by atoms with E-state index in [0.717, 1.165) is 44.7 Å². The van der Waals surface area contributed by atoms with Crippen LogP contribution in [0.3, 0.4) is 0 Å². The highest BCUT2D eigenvalue weighted by Gasteiger charge is 2.18. The normalized spacial score (nSPS) is 11.6. The van der Waals surface area contributed by atoms with E-state index in [1.807, 2.05) is 12.3 Å². The molecule has 0 saturated carbocycles. The van der Waals surface area contributed by atoms with Crippen LogP contribution in [0.4, 0.5) is 0 Å². The molecule has 260 valence electrons. The van der Waals surface area contributed by atoms with Crippen LogP contribution >= 0.6 is 0 Å². The van der Waals surface area contributed by atoms with Crippen molar-refractivity contribution >= 4 is 53.9 Å². The van der Waals surface area contributed by atoms with E-state index in [4.69, 9.17) is 9.97 Å². The zero-order valence-corrected chi connectivity index (χ0v) is 30.5. The van der Waals surface area contributed by atoms with Crippen LogP contribution in [-0.4, -0.2) is 9.97 Å². The Kier molecular flexibility index (Phi) is 7.53. The van der Waals surface area contributed by atoms with Gasteiger partial charge in [0.2, 0.25) is 0 Å². The molecule has 0 bridgehead atoms. The predicted molar refractivity (Wildman–Crippen MR) is 237 cm³/mol.